The summed E-state index contributed by atoms with van der Waals surface area (Å²) in [6, 6.07) is 14.6. The molecule has 5 rings (SSSR count). The van der Waals surface area contributed by atoms with E-state index in [1.165, 1.54) is 11.1 Å². The zero-order valence-corrected chi connectivity index (χ0v) is 21.8. The van der Waals surface area contributed by atoms with Crippen molar-refractivity contribution in [3.63, 3.8) is 0 Å². The van der Waals surface area contributed by atoms with Gasteiger partial charge in [-0.1, -0.05) is 36.3 Å². The quantitative estimate of drug-likeness (QED) is 0.296. The standard InChI is InChI=1S/C31H33N5O/c1-23(2)35-15-13-34(14-16-35)22-28-9-7-26(17-24(28)3)19-30(37)27-6-4-5-25(18-27)8-10-29-20-33-31-21-32-11-12-36(29)31/h4-7,9,11-12,17-18,20-21,23H,13-16,19,22H2,1-3H3. The van der Waals surface area contributed by atoms with Gasteiger partial charge in [-0.25, -0.2) is 4.98 Å². The Morgan fingerprint density at radius 1 is 1.03 bits per heavy atom. The lowest BCUT2D eigenvalue weighted by atomic mass is 9.98. The monoisotopic (exact) mass is 491 g/mol. The summed E-state index contributed by atoms with van der Waals surface area (Å²) in [5, 5.41) is 0. The van der Waals surface area contributed by atoms with Crippen LogP contribution in [0, 0.1) is 18.8 Å². The second-order valence-electron chi connectivity index (χ2n) is 10.0. The Kier molecular flexibility index (Phi) is 7.45. The minimum Gasteiger partial charge on any atom is -0.298 e. The van der Waals surface area contributed by atoms with Gasteiger partial charge < -0.3 is 0 Å². The summed E-state index contributed by atoms with van der Waals surface area (Å²) in [5.74, 6) is 6.43. The van der Waals surface area contributed by atoms with Crippen LogP contribution in [0.2, 0.25) is 0 Å². The fourth-order valence-electron chi connectivity index (χ4n) is 4.85. The van der Waals surface area contributed by atoms with E-state index < -0.39 is 0 Å². The molecule has 4 aromatic rings. The average Bonchev–Trinajstić information content (AvgIpc) is 3.32. The number of ketones is 1. The highest BCUT2D eigenvalue weighted by atomic mass is 16.1. The number of hydrogen-bond donors (Lipinski definition) is 0. The lowest BCUT2D eigenvalue weighted by Crippen LogP contribution is -2.48. The Hall–Kier alpha value is -3.79. The van der Waals surface area contributed by atoms with Crippen molar-refractivity contribution >= 4 is 11.4 Å². The minimum absolute atomic E-state index is 0.0986. The first-order valence-corrected chi connectivity index (χ1v) is 12.9. The van der Waals surface area contributed by atoms with Gasteiger partial charge in [0, 0.05) is 68.7 Å². The van der Waals surface area contributed by atoms with E-state index in [-0.39, 0.29) is 5.78 Å². The third kappa shape index (κ3) is 5.96. The average molecular weight is 492 g/mol. The number of fused-ring (bicyclic) bond motifs is 1. The molecule has 37 heavy (non-hydrogen) atoms. The molecule has 0 atom stereocenters. The van der Waals surface area contributed by atoms with Crippen LogP contribution in [0.15, 0.2) is 67.3 Å². The van der Waals surface area contributed by atoms with Crippen LogP contribution in [-0.2, 0) is 13.0 Å². The zero-order valence-electron chi connectivity index (χ0n) is 21.8. The van der Waals surface area contributed by atoms with Crippen LogP contribution in [-0.4, -0.2) is 62.2 Å². The fraction of sp³-hybridized carbons (Fsp3) is 0.323. The third-order valence-electron chi connectivity index (χ3n) is 7.14. The molecule has 2 aromatic carbocycles. The van der Waals surface area contributed by atoms with Gasteiger partial charge in [0.05, 0.1) is 12.4 Å². The van der Waals surface area contributed by atoms with Crippen molar-refractivity contribution in [1.82, 2.24) is 24.2 Å². The molecule has 1 aliphatic rings. The molecular weight excluding hydrogens is 458 g/mol. The van der Waals surface area contributed by atoms with Crippen molar-refractivity contribution in [3.8, 4) is 11.8 Å². The number of rotatable bonds is 6. The van der Waals surface area contributed by atoms with Crippen LogP contribution in [0.3, 0.4) is 0 Å². The largest absolute Gasteiger partial charge is 0.298 e. The molecule has 1 saturated heterocycles. The van der Waals surface area contributed by atoms with Crippen molar-refractivity contribution in [3.05, 3.63) is 101 Å². The summed E-state index contributed by atoms with van der Waals surface area (Å²) < 4.78 is 1.90. The Labute approximate surface area is 219 Å². The molecule has 3 heterocycles. The van der Waals surface area contributed by atoms with Crippen molar-refractivity contribution in [2.45, 2.75) is 39.8 Å². The first-order valence-electron chi connectivity index (χ1n) is 12.9. The van der Waals surface area contributed by atoms with E-state index in [0.29, 0.717) is 18.0 Å². The van der Waals surface area contributed by atoms with E-state index in [1.54, 1.807) is 18.6 Å². The molecule has 0 unspecified atom stereocenters. The number of imidazole rings is 1. The molecule has 6 nitrogen and oxygen atoms in total. The summed E-state index contributed by atoms with van der Waals surface area (Å²) in [4.78, 5) is 26.6. The van der Waals surface area contributed by atoms with Crippen LogP contribution in [0.4, 0.5) is 0 Å². The van der Waals surface area contributed by atoms with Crippen molar-refractivity contribution in [2.75, 3.05) is 26.2 Å². The van der Waals surface area contributed by atoms with Crippen LogP contribution >= 0.6 is 0 Å². The van der Waals surface area contributed by atoms with E-state index in [9.17, 15) is 4.79 Å². The molecule has 188 valence electrons. The summed E-state index contributed by atoms with van der Waals surface area (Å²) >= 11 is 0. The Morgan fingerprint density at radius 3 is 2.65 bits per heavy atom. The summed E-state index contributed by atoms with van der Waals surface area (Å²) in [6.07, 6.45) is 7.36. The topological polar surface area (TPSA) is 53.7 Å². The Bertz CT molecular complexity index is 1470. The first-order chi connectivity index (χ1) is 18.0. The van der Waals surface area contributed by atoms with E-state index in [2.05, 4.69) is 70.6 Å². The lowest BCUT2D eigenvalue weighted by molar-refractivity contribution is 0.0992. The lowest BCUT2D eigenvalue weighted by Gasteiger charge is -2.37. The van der Waals surface area contributed by atoms with Crippen LogP contribution in [0.5, 0.6) is 0 Å². The maximum Gasteiger partial charge on any atom is 0.167 e. The van der Waals surface area contributed by atoms with E-state index in [1.807, 2.05) is 34.9 Å². The smallest absolute Gasteiger partial charge is 0.167 e. The van der Waals surface area contributed by atoms with Crippen LogP contribution < -0.4 is 0 Å². The van der Waals surface area contributed by atoms with Gasteiger partial charge in [-0.05, 0) is 55.5 Å². The van der Waals surface area contributed by atoms with Crippen LogP contribution in [0.1, 0.15) is 52.2 Å². The second kappa shape index (κ2) is 11.1. The van der Waals surface area contributed by atoms with Gasteiger partial charge >= 0.3 is 0 Å². The highest BCUT2D eigenvalue weighted by molar-refractivity contribution is 5.97. The predicted molar refractivity (Wildman–Crippen MR) is 147 cm³/mol. The number of benzene rings is 2. The molecule has 0 saturated carbocycles. The molecule has 0 spiro atoms. The molecule has 0 bridgehead atoms. The van der Waals surface area contributed by atoms with Crippen molar-refractivity contribution in [2.24, 2.45) is 0 Å². The molecule has 1 aliphatic heterocycles. The number of aryl methyl sites for hydroxylation is 1. The normalized spacial score (nSPS) is 14.6. The molecule has 2 aromatic heterocycles. The maximum absolute atomic E-state index is 13.1. The molecule has 1 fully saturated rings. The number of aromatic nitrogens is 3. The molecular formula is C31H33N5O. The summed E-state index contributed by atoms with van der Waals surface area (Å²) in [7, 11) is 0. The van der Waals surface area contributed by atoms with E-state index >= 15 is 0 Å². The highest BCUT2D eigenvalue weighted by Gasteiger charge is 2.19. The number of hydrogen-bond acceptors (Lipinski definition) is 5. The van der Waals surface area contributed by atoms with Crippen molar-refractivity contribution < 1.29 is 4.79 Å². The first kappa shape index (κ1) is 24.9. The van der Waals surface area contributed by atoms with E-state index in [4.69, 9.17) is 0 Å². The van der Waals surface area contributed by atoms with Gasteiger partial charge in [0.25, 0.3) is 0 Å². The predicted octanol–water partition coefficient (Wildman–Crippen LogP) is 4.39. The number of carbonyl (C=O) groups excluding carboxylic acids is 1. The minimum atomic E-state index is 0.0986. The molecule has 0 N–H and O–H groups in total. The van der Waals surface area contributed by atoms with Gasteiger partial charge in [0.2, 0.25) is 0 Å². The Balaban J connectivity index is 1.23. The molecule has 6 heteroatoms. The van der Waals surface area contributed by atoms with Gasteiger partial charge in [0.1, 0.15) is 5.69 Å². The van der Waals surface area contributed by atoms with Gasteiger partial charge in [0.15, 0.2) is 11.4 Å². The molecule has 0 amide bonds. The van der Waals surface area contributed by atoms with Crippen LogP contribution in [0.25, 0.3) is 5.65 Å². The van der Waals surface area contributed by atoms with Crippen molar-refractivity contribution in [1.29, 1.82) is 0 Å². The van der Waals surface area contributed by atoms with E-state index in [0.717, 1.165) is 55.2 Å². The SMILES string of the molecule is Cc1cc(CC(=O)c2cccc(C#Cc3cnc4cnccn34)c2)ccc1CN1CCN(C(C)C)CC1. The number of Topliss-reactive ketones (excluding diaryl/α,β-unsaturated/α-hetero) is 1. The highest BCUT2D eigenvalue weighted by Crippen LogP contribution is 2.18. The third-order valence-corrected chi connectivity index (χ3v) is 7.14. The fourth-order valence-corrected chi connectivity index (χ4v) is 4.85. The Morgan fingerprint density at radius 2 is 1.86 bits per heavy atom. The zero-order chi connectivity index (χ0) is 25.8. The molecule has 0 radical (unpaired) electrons. The number of carbonyl (C=O) groups is 1. The number of nitrogens with zero attached hydrogens (tertiary/aromatic N) is 5. The maximum atomic E-state index is 13.1. The number of piperazine rings is 1. The van der Waals surface area contributed by atoms with Gasteiger partial charge in [-0.2, -0.15) is 0 Å². The molecule has 0 aliphatic carbocycles. The van der Waals surface area contributed by atoms with Gasteiger partial charge in [-0.3, -0.25) is 24.0 Å². The summed E-state index contributed by atoms with van der Waals surface area (Å²) in [5.41, 5.74) is 6.66. The summed E-state index contributed by atoms with van der Waals surface area (Å²) in [6.45, 7) is 12.1. The second-order valence-corrected chi connectivity index (χ2v) is 10.0. The van der Waals surface area contributed by atoms with Gasteiger partial charge in [-0.15, -0.1) is 0 Å².